The standard InChI is InChI=1S/C18H15NO2S2/c1-12-6-8-13(9-7-12)11-21-15-5-3-2-4-14(15)10-16-17(20)19-18(22)23-16/h2-10H,11H2,1H3,(H,19,20,22)/b16-10+. The van der Waals surface area contributed by atoms with Crippen LogP contribution in [0.3, 0.4) is 0 Å². The Morgan fingerprint density at radius 1 is 1.17 bits per heavy atom. The van der Waals surface area contributed by atoms with Crippen molar-refractivity contribution in [2.24, 2.45) is 0 Å². The third-order valence-electron chi connectivity index (χ3n) is 3.36. The Morgan fingerprint density at radius 3 is 2.61 bits per heavy atom. The first-order valence-electron chi connectivity index (χ1n) is 7.14. The van der Waals surface area contributed by atoms with Gasteiger partial charge in [-0.1, -0.05) is 72.0 Å². The number of amides is 1. The number of rotatable bonds is 4. The van der Waals surface area contributed by atoms with Crippen molar-refractivity contribution in [1.29, 1.82) is 0 Å². The van der Waals surface area contributed by atoms with Crippen LogP contribution in [-0.2, 0) is 11.4 Å². The zero-order valence-electron chi connectivity index (χ0n) is 12.5. The molecule has 116 valence electrons. The van der Waals surface area contributed by atoms with E-state index in [9.17, 15) is 4.79 Å². The minimum Gasteiger partial charge on any atom is -0.488 e. The predicted octanol–water partition coefficient (Wildman–Crippen LogP) is 4.06. The summed E-state index contributed by atoms with van der Waals surface area (Å²) in [7, 11) is 0. The molecule has 1 aliphatic rings. The monoisotopic (exact) mass is 341 g/mol. The minimum atomic E-state index is -0.159. The van der Waals surface area contributed by atoms with Crippen molar-refractivity contribution in [2.45, 2.75) is 13.5 Å². The molecule has 2 aromatic rings. The van der Waals surface area contributed by atoms with Crippen LogP contribution in [0.5, 0.6) is 5.75 Å². The second-order valence-corrected chi connectivity index (χ2v) is 6.88. The zero-order valence-corrected chi connectivity index (χ0v) is 14.2. The number of nitrogens with one attached hydrogen (secondary N) is 1. The molecule has 1 aliphatic heterocycles. The lowest BCUT2D eigenvalue weighted by Gasteiger charge is -2.10. The van der Waals surface area contributed by atoms with Crippen LogP contribution in [0.1, 0.15) is 16.7 Å². The molecule has 1 heterocycles. The van der Waals surface area contributed by atoms with Gasteiger partial charge in [-0.2, -0.15) is 0 Å². The summed E-state index contributed by atoms with van der Waals surface area (Å²) in [5.41, 5.74) is 3.19. The van der Waals surface area contributed by atoms with Crippen LogP contribution in [0.25, 0.3) is 6.08 Å². The SMILES string of the molecule is Cc1ccc(COc2ccccc2/C=C2/SC(=S)NC2=O)cc1. The average Bonchev–Trinajstić information content (AvgIpc) is 2.86. The molecule has 0 aliphatic carbocycles. The fourth-order valence-electron chi connectivity index (χ4n) is 2.14. The number of thiocarbonyl (C=S) groups is 1. The van der Waals surface area contributed by atoms with E-state index in [2.05, 4.69) is 36.5 Å². The maximum atomic E-state index is 11.8. The molecular weight excluding hydrogens is 326 g/mol. The summed E-state index contributed by atoms with van der Waals surface area (Å²) in [6.07, 6.45) is 1.81. The normalized spacial score (nSPS) is 15.8. The van der Waals surface area contributed by atoms with E-state index in [1.54, 1.807) is 0 Å². The van der Waals surface area contributed by atoms with Crippen molar-refractivity contribution in [2.75, 3.05) is 0 Å². The summed E-state index contributed by atoms with van der Waals surface area (Å²) in [6.45, 7) is 2.54. The highest BCUT2D eigenvalue weighted by atomic mass is 32.2. The highest BCUT2D eigenvalue weighted by Gasteiger charge is 2.22. The molecule has 0 saturated carbocycles. The van der Waals surface area contributed by atoms with E-state index >= 15 is 0 Å². The molecule has 1 fully saturated rings. The van der Waals surface area contributed by atoms with Gasteiger partial charge in [0, 0.05) is 5.56 Å². The molecule has 23 heavy (non-hydrogen) atoms. The summed E-state index contributed by atoms with van der Waals surface area (Å²) in [4.78, 5) is 12.4. The highest BCUT2D eigenvalue weighted by Crippen LogP contribution is 2.29. The first kappa shape index (κ1) is 15.8. The molecule has 1 amide bonds. The van der Waals surface area contributed by atoms with E-state index in [0.29, 0.717) is 15.8 Å². The third kappa shape index (κ3) is 4.00. The number of carbonyl (C=O) groups excluding carboxylic acids is 1. The van der Waals surface area contributed by atoms with E-state index in [0.717, 1.165) is 16.9 Å². The summed E-state index contributed by atoms with van der Waals surface area (Å²) in [5, 5.41) is 2.62. The van der Waals surface area contributed by atoms with Crippen LogP contribution in [0.4, 0.5) is 0 Å². The minimum absolute atomic E-state index is 0.159. The lowest BCUT2D eigenvalue weighted by Crippen LogP contribution is -2.17. The van der Waals surface area contributed by atoms with Gasteiger partial charge in [-0.3, -0.25) is 4.79 Å². The average molecular weight is 341 g/mol. The summed E-state index contributed by atoms with van der Waals surface area (Å²) >= 11 is 6.28. The molecule has 5 heteroatoms. The Balaban J connectivity index is 1.78. The molecule has 1 N–H and O–H groups in total. The Bertz CT molecular complexity index is 782. The van der Waals surface area contributed by atoms with E-state index in [-0.39, 0.29) is 5.91 Å². The number of ether oxygens (including phenoxy) is 1. The molecule has 1 saturated heterocycles. The number of carbonyl (C=O) groups is 1. The molecular formula is C18H15NO2S2. The van der Waals surface area contributed by atoms with Gasteiger partial charge in [0.1, 0.15) is 16.7 Å². The fourth-order valence-corrected chi connectivity index (χ4v) is 3.17. The van der Waals surface area contributed by atoms with Crippen LogP contribution in [0.2, 0.25) is 0 Å². The lowest BCUT2D eigenvalue weighted by molar-refractivity contribution is -0.115. The molecule has 0 aromatic heterocycles. The predicted molar refractivity (Wildman–Crippen MR) is 98.3 cm³/mol. The molecule has 3 rings (SSSR count). The van der Waals surface area contributed by atoms with Crippen molar-refractivity contribution < 1.29 is 9.53 Å². The quantitative estimate of drug-likeness (QED) is 0.672. The number of hydrogen-bond donors (Lipinski definition) is 1. The lowest BCUT2D eigenvalue weighted by atomic mass is 10.1. The van der Waals surface area contributed by atoms with Crippen molar-refractivity contribution in [3.63, 3.8) is 0 Å². The van der Waals surface area contributed by atoms with E-state index in [4.69, 9.17) is 17.0 Å². The van der Waals surface area contributed by atoms with E-state index in [1.807, 2.05) is 30.3 Å². The molecule has 0 spiro atoms. The van der Waals surface area contributed by atoms with Crippen LogP contribution in [-0.4, -0.2) is 10.2 Å². The smallest absolute Gasteiger partial charge is 0.263 e. The summed E-state index contributed by atoms with van der Waals surface area (Å²) in [5.74, 6) is 0.583. The van der Waals surface area contributed by atoms with Gasteiger partial charge in [0.2, 0.25) is 0 Å². The van der Waals surface area contributed by atoms with Gasteiger partial charge in [-0.05, 0) is 24.6 Å². The zero-order chi connectivity index (χ0) is 16.2. The Morgan fingerprint density at radius 2 is 1.91 bits per heavy atom. The highest BCUT2D eigenvalue weighted by molar-refractivity contribution is 8.26. The first-order valence-corrected chi connectivity index (χ1v) is 8.36. The van der Waals surface area contributed by atoms with Gasteiger partial charge >= 0.3 is 0 Å². The Labute approximate surface area is 144 Å². The second-order valence-electron chi connectivity index (χ2n) is 5.16. The van der Waals surface area contributed by atoms with Gasteiger partial charge in [0.25, 0.3) is 5.91 Å². The van der Waals surface area contributed by atoms with Crippen LogP contribution in [0.15, 0.2) is 53.4 Å². The molecule has 2 aromatic carbocycles. The maximum absolute atomic E-state index is 11.8. The first-order chi connectivity index (χ1) is 11.1. The van der Waals surface area contributed by atoms with Crippen molar-refractivity contribution in [1.82, 2.24) is 5.32 Å². The number of para-hydroxylation sites is 1. The van der Waals surface area contributed by atoms with Gasteiger partial charge < -0.3 is 10.1 Å². The molecule has 0 unspecified atom stereocenters. The van der Waals surface area contributed by atoms with Crippen molar-refractivity contribution in [3.8, 4) is 5.75 Å². The van der Waals surface area contributed by atoms with Crippen LogP contribution in [0, 0.1) is 6.92 Å². The molecule has 0 radical (unpaired) electrons. The number of benzene rings is 2. The Kier molecular flexibility index (Phi) is 4.79. The van der Waals surface area contributed by atoms with Gasteiger partial charge in [0.15, 0.2) is 0 Å². The largest absolute Gasteiger partial charge is 0.488 e. The summed E-state index contributed by atoms with van der Waals surface area (Å²) in [6, 6.07) is 15.9. The molecule has 3 nitrogen and oxygen atoms in total. The number of aryl methyl sites for hydroxylation is 1. The Hall–Kier alpha value is -2.11. The van der Waals surface area contributed by atoms with Gasteiger partial charge in [-0.25, -0.2) is 0 Å². The third-order valence-corrected chi connectivity index (χ3v) is 4.53. The number of hydrogen-bond acceptors (Lipinski definition) is 4. The van der Waals surface area contributed by atoms with E-state index < -0.39 is 0 Å². The molecule has 0 bridgehead atoms. The van der Waals surface area contributed by atoms with Gasteiger partial charge in [0.05, 0.1) is 4.91 Å². The van der Waals surface area contributed by atoms with E-state index in [1.165, 1.54) is 17.3 Å². The number of thioether (sulfide) groups is 1. The fraction of sp³-hybridized carbons (Fsp3) is 0.111. The van der Waals surface area contributed by atoms with Crippen molar-refractivity contribution in [3.05, 3.63) is 70.1 Å². The second kappa shape index (κ2) is 6.98. The molecule has 0 atom stereocenters. The van der Waals surface area contributed by atoms with Crippen LogP contribution >= 0.6 is 24.0 Å². The van der Waals surface area contributed by atoms with Crippen LogP contribution < -0.4 is 10.1 Å². The van der Waals surface area contributed by atoms with Crippen molar-refractivity contribution >= 4 is 40.3 Å². The summed E-state index contributed by atoms with van der Waals surface area (Å²) < 4.78 is 6.40. The van der Waals surface area contributed by atoms with Gasteiger partial charge in [-0.15, -0.1) is 0 Å². The topological polar surface area (TPSA) is 38.3 Å². The maximum Gasteiger partial charge on any atom is 0.263 e.